The van der Waals surface area contributed by atoms with E-state index >= 15 is 0 Å². The highest BCUT2D eigenvalue weighted by Gasteiger charge is 2.51. The topological polar surface area (TPSA) is 62.2 Å². The van der Waals surface area contributed by atoms with Gasteiger partial charge in [0.2, 0.25) is 0 Å². The third-order valence-corrected chi connectivity index (χ3v) is 3.06. The van der Waals surface area contributed by atoms with Crippen molar-refractivity contribution in [1.29, 1.82) is 0 Å². The van der Waals surface area contributed by atoms with Gasteiger partial charge in [-0.2, -0.15) is 0 Å². The SMILES string of the molecule is O=C(O)C1(Nc2nc(Cl)cs2)CC1. The second-order valence-corrected chi connectivity index (χ2v) is 4.23. The highest BCUT2D eigenvalue weighted by atomic mass is 35.5. The molecule has 70 valence electrons. The fourth-order valence-electron chi connectivity index (χ4n) is 1.03. The smallest absolute Gasteiger partial charge is 0.329 e. The molecule has 0 amide bonds. The molecule has 0 saturated heterocycles. The molecule has 1 aromatic heterocycles. The van der Waals surface area contributed by atoms with Crippen molar-refractivity contribution in [3.05, 3.63) is 10.5 Å². The summed E-state index contributed by atoms with van der Waals surface area (Å²) in [5.41, 5.74) is -0.777. The maximum atomic E-state index is 10.8. The average molecular weight is 219 g/mol. The van der Waals surface area contributed by atoms with Crippen molar-refractivity contribution in [2.24, 2.45) is 0 Å². The van der Waals surface area contributed by atoms with Crippen LogP contribution in [0, 0.1) is 0 Å². The van der Waals surface area contributed by atoms with Crippen LogP contribution in [0.2, 0.25) is 5.15 Å². The number of carboxylic acids is 1. The highest BCUT2D eigenvalue weighted by Crippen LogP contribution is 2.39. The van der Waals surface area contributed by atoms with Gasteiger partial charge in [-0.3, -0.25) is 0 Å². The van der Waals surface area contributed by atoms with Gasteiger partial charge >= 0.3 is 5.97 Å². The van der Waals surface area contributed by atoms with Crippen LogP contribution in [0.1, 0.15) is 12.8 Å². The molecule has 2 N–H and O–H groups in total. The standard InChI is InChI=1S/C7H7ClN2O2S/c8-4-3-13-6(9-4)10-7(1-2-7)5(11)12/h3H,1-2H2,(H,9,10)(H,11,12). The van der Waals surface area contributed by atoms with Gasteiger partial charge in [-0.25, -0.2) is 9.78 Å². The summed E-state index contributed by atoms with van der Waals surface area (Å²) in [6.45, 7) is 0. The molecule has 1 aromatic rings. The maximum Gasteiger partial charge on any atom is 0.329 e. The first-order valence-corrected chi connectivity index (χ1v) is 5.01. The average Bonchev–Trinajstić information content (AvgIpc) is 2.72. The van der Waals surface area contributed by atoms with Gasteiger partial charge < -0.3 is 10.4 Å². The van der Waals surface area contributed by atoms with Gasteiger partial charge in [-0.1, -0.05) is 11.6 Å². The summed E-state index contributed by atoms with van der Waals surface area (Å²) in [7, 11) is 0. The molecule has 4 nitrogen and oxygen atoms in total. The number of aliphatic carboxylic acids is 1. The summed E-state index contributed by atoms with van der Waals surface area (Å²) in [6.07, 6.45) is 1.30. The van der Waals surface area contributed by atoms with E-state index < -0.39 is 11.5 Å². The minimum atomic E-state index is -0.821. The van der Waals surface area contributed by atoms with Crippen molar-refractivity contribution >= 4 is 34.0 Å². The van der Waals surface area contributed by atoms with Crippen molar-refractivity contribution in [2.45, 2.75) is 18.4 Å². The van der Waals surface area contributed by atoms with Gasteiger partial charge in [0.25, 0.3) is 0 Å². The van der Waals surface area contributed by atoms with E-state index in [9.17, 15) is 4.79 Å². The Bertz CT molecular complexity index is 348. The Kier molecular flexibility index (Phi) is 1.92. The number of thiazole rings is 1. The van der Waals surface area contributed by atoms with Crippen LogP contribution in [-0.4, -0.2) is 21.6 Å². The molecule has 1 fully saturated rings. The molecule has 0 spiro atoms. The second-order valence-electron chi connectivity index (χ2n) is 2.99. The molecule has 1 aliphatic carbocycles. The van der Waals surface area contributed by atoms with E-state index in [0.717, 1.165) is 0 Å². The first-order chi connectivity index (χ1) is 6.12. The molecule has 13 heavy (non-hydrogen) atoms. The number of carbonyl (C=O) groups is 1. The minimum absolute atomic E-state index is 0.397. The van der Waals surface area contributed by atoms with Gasteiger partial charge in [0.15, 0.2) is 5.13 Å². The molecule has 0 unspecified atom stereocenters. The van der Waals surface area contributed by atoms with Crippen LogP contribution in [-0.2, 0) is 4.79 Å². The molecule has 6 heteroatoms. The predicted molar refractivity (Wildman–Crippen MR) is 50.3 cm³/mol. The maximum absolute atomic E-state index is 10.8. The summed E-state index contributed by atoms with van der Waals surface area (Å²) >= 11 is 6.92. The number of nitrogens with zero attached hydrogens (tertiary/aromatic N) is 1. The van der Waals surface area contributed by atoms with Crippen LogP contribution in [0.5, 0.6) is 0 Å². The van der Waals surface area contributed by atoms with Gasteiger partial charge in [-0.15, -0.1) is 11.3 Å². The molecule has 0 bridgehead atoms. The fourth-order valence-corrected chi connectivity index (χ4v) is 1.97. The molecule has 1 aliphatic rings. The lowest BCUT2D eigenvalue weighted by Crippen LogP contribution is -2.31. The van der Waals surface area contributed by atoms with Crippen molar-refractivity contribution in [1.82, 2.24) is 4.98 Å². The molecular formula is C7H7ClN2O2S. The molecule has 0 atom stereocenters. The van der Waals surface area contributed by atoms with Gasteiger partial charge in [0.05, 0.1) is 0 Å². The number of hydrogen-bond acceptors (Lipinski definition) is 4. The lowest BCUT2D eigenvalue weighted by molar-refractivity contribution is -0.138. The summed E-state index contributed by atoms with van der Waals surface area (Å²) in [4.78, 5) is 14.7. The van der Waals surface area contributed by atoms with Crippen molar-refractivity contribution in [2.75, 3.05) is 5.32 Å². The molecule has 2 rings (SSSR count). The first-order valence-electron chi connectivity index (χ1n) is 3.75. The first kappa shape index (κ1) is 8.77. The van der Waals surface area contributed by atoms with Crippen molar-refractivity contribution in [3.63, 3.8) is 0 Å². The predicted octanol–water partition coefficient (Wildman–Crippen LogP) is 1.83. The van der Waals surface area contributed by atoms with E-state index in [1.165, 1.54) is 11.3 Å². The highest BCUT2D eigenvalue weighted by molar-refractivity contribution is 7.14. The van der Waals surface area contributed by atoms with E-state index in [-0.39, 0.29) is 0 Å². The minimum Gasteiger partial charge on any atom is -0.480 e. The van der Waals surface area contributed by atoms with Gasteiger partial charge in [0.1, 0.15) is 10.7 Å². The fraction of sp³-hybridized carbons (Fsp3) is 0.429. The number of halogens is 1. The van der Waals surface area contributed by atoms with E-state index in [4.69, 9.17) is 16.7 Å². The van der Waals surface area contributed by atoms with Gasteiger partial charge in [0, 0.05) is 5.38 Å². The Balaban J connectivity index is 2.10. The zero-order chi connectivity index (χ0) is 9.47. The van der Waals surface area contributed by atoms with Gasteiger partial charge in [-0.05, 0) is 12.8 Å². The normalized spacial score (nSPS) is 18.2. The largest absolute Gasteiger partial charge is 0.480 e. The van der Waals surface area contributed by atoms with Crippen LogP contribution >= 0.6 is 22.9 Å². The van der Waals surface area contributed by atoms with Crippen molar-refractivity contribution < 1.29 is 9.90 Å². The Hall–Kier alpha value is -0.810. The molecule has 1 saturated carbocycles. The third kappa shape index (κ3) is 1.62. The number of carboxylic acid groups (broad SMARTS) is 1. The zero-order valence-electron chi connectivity index (χ0n) is 6.58. The van der Waals surface area contributed by atoms with Crippen LogP contribution < -0.4 is 5.32 Å². The van der Waals surface area contributed by atoms with E-state index in [2.05, 4.69) is 10.3 Å². The zero-order valence-corrected chi connectivity index (χ0v) is 8.15. The number of hydrogen-bond donors (Lipinski definition) is 2. The molecule has 0 aromatic carbocycles. The Morgan fingerprint density at radius 3 is 2.85 bits per heavy atom. The third-order valence-electron chi connectivity index (χ3n) is 1.98. The summed E-state index contributed by atoms with van der Waals surface area (Å²) in [5.74, 6) is -0.821. The quantitative estimate of drug-likeness (QED) is 0.813. The lowest BCUT2D eigenvalue weighted by atomic mass is 10.3. The van der Waals surface area contributed by atoms with Crippen LogP contribution in [0.15, 0.2) is 5.38 Å². The lowest BCUT2D eigenvalue weighted by Gasteiger charge is -2.09. The number of aromatic nitrogens is 1. The van der Waals surface area contributed by atoms with Crippen LogP contribution in [0.3, 0.4) is 0 Å². The van der Waals surface area contributed by atoms with Crippen LogP contribution in [0.25, 0.3) is 0 Å². The Morgan fingerprint density at radius 1 is 1.77 bits per heavy atom. The Morgan fingerprint density at radius 2 is 2.46 bits per heavy atom. The van der Waals surface area contributed by atoms with Crippen LogP contribution in [0.4, 0.5) is 5.13 Å². The van der Waals surface area contributed by atoms with E-state index in [1.54, 1.807) is 5.38 Å². The molecule has 1 heterocycles. The Labute approximate surface area is 83.6 Å². The molecule has 0 aliphatic heterocycles. The van der Waals surface area contributed by atoms with E-state index in [0.29, 0.717) is 23.1 Å². The molecule has 0 radical (unpaired) electrons. The second kappa shape index (κ2) is 2.85. The van der Waals surface area contributed by atoms with E-state index in [1.807, 2.05) is 0 Å². The number of rotatable bonds is 3. The molecular weight excluding hydrogens is 212 g/mol. The van der Waals surface area contributed by atoms with Crippen molar-refractivity contribution in [3.8, 4) is 0 Å². The summed E-state index contributed by atoms with van der Waals surface area (Å²) in [6, 6.07) is 0. The monoisotopic (exact) mass is 218 g/mol. The number of anilines is 1. The number of nitrogens with one attached hydrogen (secondary N) is 1. The summed E-state index contributed by atoms with van der Waals surface area (Å²) < 4.78 is 0. The summed E-state index contributed by atoms with van der Waals surface area (Å²) in [5, 5.41) is 14.4.